The maximum atomic E-state index is 3.31. The molecule has 8 aromatic carbocycles. The van der Waals surface area contributed by atoms with Crippen LogP contribution in [0.25, 0.3) is 54.9 Å². The maximum Gasteiger partial charge on any atom is 0.0920 e. The molecule has 8 aromatic rings. The summed E-state index contributed by atoms with van der Waals surface area (Å²) < 4.78 is 0. The Morgan fingerprint density at radius 2 is 0.867 bits per heavy atom. The number of hydrogen-bond acceptors (Lipinski definition) is 0. The average molecular weight is 965 g/mol. The molecule has 0 nitrogen and oxygen atoms in total. The van der Waals surface area contributed by atoms with E-state index in [2.05, 4.69) is 179 Å². The van der Waals surface area contributed by atoms with E-state index in [9.17, 15) is 0 Å². The van der Waals surface area contributed by atoms with Crippen LogP contribution in [0.15, 0.2) is 152 Å². The fourth-order valence-corrected chi connectivity index (χ4v) is 9.89. The zero-order valence-corrected chi connectivity index (χ0v) is 41.0. The minimum absolute atomic E-state index is 0. The molecule has 2 radical (unpaired) electrons. The third kappa shape index (κ3) is 11.1. The molecule has 0 bridgehead atoms. The van der Waals surface area contributed by atoms with Crippen LogP contribution in [-0.2, 0) is 51.5 Å². The van der Waals surface area contributed by atoms with E-state index in [1.165, 1.54) is 165 Å². The van der Waals surface area contributed by atoms with Crippen LogP contribution < -0.4 is 10.4 Å². The number of benzene rings is 6. The molecule has 0 spiro atoms. The van der Waals surface area contributed by atoms with Gasteiger partial charge in [-0.2, -0.15) is 41.6 Å². The van der Waals surface area contributed by atoms with Crippen molar-refractivity contribution in [3.8, 4) is 33.4 Å². The first kappa shape index (κ1) is 45.2. The molecular weight excluding hydrogens is 903 g/mol. The molecule has 0 saturated heterocycles. The molecule has 0 saturated carbocycles. The molecule has 9 rings (SSSR count). The van der Waals surface area contributed by atoms with Gasteiger partial charge in [-0.1, -0.05) is 173 Å². The van der Waals surface area contributed by atoms with Crippen LogP contribution in [0.3, 0.4) is 0 Å². The third-order valence-corrected chi connectivity index (χ3v) is 13.2. The van der Waals surface area contributed by atoms with Crippen molar-refractivity contribution in [2.75, 3.05) is 0 Å². The van der Waals surface area contributed by atoms with Gasteiger partial charge in [-0.05, 0) is 60.8 Å². The maximum absolute atomic E-state index is 3.31. The summed E-state index contributed by atoms with van der Waals surface area (Å²) in [5, 5.41) is 8.44. The summed E-state index contributed by atoms with van der Waals surface area (Å²) in [6.45, 7) is 9.05. The van der Waals surface area contributed by atoms with Crippen LogP contribution in [-0.4, -0.2) is 9.52 Å². The van der Waals surface area contributed by atoms with Crippen molar-refractivity contribution in [1.82, 2.24) is 0 Å². The second-order valence-electron chi connectivity index (χ2n) is 16.2. The van der Waals surface area contributed by atoms with Crippen molar-refractivity contribution >= 4 is 41.4 Å². The van der Waals surface area contributed by atoms with Gasteiger partial charge in [-0.3, -0.25) is 0 Å². The van der Waals surface area contributed by atoms with Gasteiger partial charge < -0.3 is 0 Å². The normalized spacial score (nSPS) is 11.3. The number of fused-ring (bicyclic) bond motifs is 5. The van der Waals surface area contributed by atoms with E-state index in [0.717, 1.165) is 9.52 Å². The van der Waals surface area contributed by atoms with Crippen LogP contribution in [0.5, 0.6) is 0 Å². The van der Waals surface area contributed by atoms with Crippen LogP contribution >= 0.6 is 0 Å². The Bertz CT molecular complexity index is 2370. The fraction of sp³-hybridized carbons (Fsp3) is 0.276. The van der Waals surface area contributed by atoms with Gasteiger partial charge in [-0.25, -0.2) is 0 Å². The molecule has 1 aliphatic heterocycles. The van der Waals surface area contributed by atoms with Crippen molar-refractivity contribution in [3.05, 3.63) is 180 Å². The molecular formula is C58H61HfSi-3. The summed E-state index contributed by atoms with van der Waals surface area (Å²) >= 11 is 0. The number of unbranched alkanes of at least 4 members (excludes halogenated alkanes) is 4. The van der Waals surface area contributed by atoms with Crippen LogP contribution in [0, 0.1) is 6.07 Å². The van der Waals surface area contributed by atoms with Crippen LogP contribution in [0.1, 0.15) is 101 Å². The minimum Gasteiger partial charge on any atom is -0.184 e. The van der Waals surface area contributed by atoms with Gasteiger partial charge in [0, 0.05) is 25.8 Å². The minimum atomic E-state index is 0. The number of rotatable bonds is 14. The van der Waals surface area contributed by atoms with E-state index in [-0.39, 0.29) is 25.8 Å². The molecule has 0 amide bonds. The molecule has 304 valence electrons. The fourth-order valence-electron chi connectivity index (χ4n) is 8.58. The SMILES string of the molecule is CCCCc1cc2c(-c3ccccc3CCCC)cccc2[cH-]1.CCCCc1cc2c(-c3ccccc3CCCC)cccc2[cH-]1.[Hf].[c-]1cccc2c1[Si]c1ccccc1-2. The van der Waals surface area contributed by atoms with Gasteiger partial charge in [0.1, 0.15) is 0 Å². The molecule has 1 heterocycles. The quantitative estimate of drug-likeness (QED) is 0.0752. The first-order valence-electron chi connectivity index (χ1n) is 22.5. The molecule has 0 aromatic heterocycles. The molecule has 2 heteroatoms. The van der Waals surface area contributed by atoms with Gasteiger partial charge >= 0.3 is 0 Å². The zero-order valence-electron chi connectivity index (χ0n) is 36.4. The van der Waals surface area contributed by atoms with Crippen molar-refractivity contribution in [2.24, 2.45) is 0 Å². The Labute approximate surface area is 382 Å². The van der Waals surface area contributed by atoms with Gasteiger partial charge in [0.25, 0.3) is 0 Å². The van der Waals surface area contributed by atoms with E-state index >= 15 is 0 Å². The van der Waals surface area contributed by atoms with Crippen LogP contribution in [0.2, 0.25) is 0 Å². The van der Waals surface area contributed by atoms with E-state index in [1.807, 2.05) is 6.07 Å². The first-order valence-corrected chi connectivity index (χ1v) is 23.5. The van der Waals surface area contributed by atoms with Gasteiger partial charge in [0.05, 0.1) is 9.52 Å². The first-order chi connectivity index (χ1) is 29.1. The standard InChI is InChI=1S/2C23H27.C12H7Si.Hf/c2*1-3-5-10-18-16-20-13-9-15-22(23(20)17-18)21-14-8-7-12-19(21)11-6-4-2;1-3-7-11-9(5-1)10-6-2-4-8-12(10)13-11;/h2*7-9,12-17H,3-6,10-11H2,1-2H3;1-7H;/q3*-1;. The number of hydrogen-bond donors (Lipinski definition) is 0. The predicted octanol–water partition coefficient (Wildman–Crippen LogP) is 14.9. The Hall–Kier alpha value is -4.37. The Morgan fingerprint density at radius 3 is 1.38 bits per heavy atom. The molecule has 0 atom stereocenters. The monoisotopic (exact) mass is 965 g/mol. The van der Waals surface area contributed by atoms with Crippen molar-refractivity contribution in [2.45, 2.75) is 105 Å². The van der Waals surface area contributed by atoms with E-state index in [1.54, 1.807) is 0 Å². The summed E-state index contributed by atoms with van der Waals surface area (Å²) in [5.74, 6) is 0. The molecule has 1 aliphatic rings. The van der Waals surface area contributed by atoms with Crippen LogP contribution in [0.4, 0.5) is 0 Å². The number of aryl methyl sites for hydroxylation is 4. The summed E-state index contributed by atoms with van der Waals surface area (Å²) in [7, 11) is 0.795. The molecule has 0 aliphatic carbocycles. The Balaban J connectivity index is 0.000000155. The zero-order chi connectivity index (χ0) is 40.8. The van der Waals surface area contributed by atoms with E-state index in [0.29, 0.717) is 0 Å². The molecule has 0 N–H and O–H groups in total. The summed E-state index contributed by atoms with van der Waals surface area (Å²) in [6, 6.07) is 59.1. The van der Waals surface area contributed by atoms with Crippen molar-refractivity contribution < 1.29 is 25.8 Å². The average Bonchev–Trinajstić information content (AvgIpc) is 4.02. The predicted molar refractivity (Wildman–Crippen MR) is 260 cm³/mol. The van der Waals surface area contributed by atoms with Crippen molar-refractivity contribution in [3.63, 3.8) is 0 Å². The largest absolute Gasteiger partial charge is 0.184 e. The summed E-state index contributed by atoms with van der Waals surface area (Å²) in [6.07, 6.45) is 14.8. The Kier molecular flexibility index (Phi) is 17.3. The second kappa shape index (κ2) is 23.0. The van der Waals surface area contributed by atoms with Gasteiger partial charge in [0.2, 0.25) is 0 Å². The van der Waals surface area contributed by atoms with Crippen molar-refractivity contribution in [1.29, 1.82) is 0 Å². The molecule has 60 heavy (non-hydrogen) atoms. The van der Waals surface area contributed by atoms with Gasteiger partial charge in [0.15, 0.2) is 0 Å². The van der Waals surface area contributed by atoms with Gasteiger partial charge in [-0.15, -0.1) is 74.6 Å². The molecule has 0 fully saturated rings. The smallest absolute Gasteiger partial charge is 0.0920 e. The molecule has 0 unspecified atom stereocenters. The second-order valence-corrected chi connectivity index (χ2v) is 17.5. The summed E-state index contributed by atoms with van der Waals surface area (Å²) in [4.78, 5) is 0. The summed E-state index contributed by atoms with van der Waals surface area (Å²) in [5.41, 5.74) is 14.3. The third-order valence-electron chi connectivity index (χ3n) is 11.8. The topological polar surface area (TPSA) is 0 Å². The van der Waals surface area contributed by atoms with E-state index < -0.39 is 0 Å². The van der Waals surface area contributed by atoms with E-state index in [4.69, 9.17) is 0 Å². The Morgan fingerprint density at radius 1 is 0.433 bits per heavy atom.